The van der Waals surface area contributed by atoms with Crippen molar-refractivity contribution in [3.05, 3.63) is 0 Å². The Labute approximate surface area is 87.7 Å². The molecule has 2 heteroatoms. The minimum absolute atomic E-state index is 0.290. The van der Waals surface area contributed by atoms with Gasteiger partial charge in [-0.3, -0.25) is 4.79 Å². The summed E-state index contributed by atoms with van der Waals surface area (Å²) in [5.74, 6) is 0.701. The van der Waals surface area contributed by atoms with Crippen LogP contribution in [-0.2, 0) is 4.79 Å². The average molecular weight is 197 g/mol. The monoisotopic (exact) mass is 197 g/mol. The Bertz CT molecular complexity index is 166. The summed E-state index contributed by atoms with van der Waals surface area (Å²) in [5.41, 5.74) is 0. The Morgan fingerprint density at radius 1 is 1.21 bits per heavy atom. The van der Waals surface area contributed by atoms with Crippen LogP contribution in [0.1, 0.15) is 52.4 Å². The molecule has 0 N–H and O–H groups in total. The fourth-order valence-electron chi connectivity index (χ4n) is 2.22. The fourth-order valence-corrected chi connectivity index (χ4v) is 2.22. The third-order valence-electron chi connectivity index (χ3n) is 3.15. The molecule has 1 unspecified atom stereocenters. The van der Waals surface area contributed by atoms with E-state index in [-0.39, 0.29) is 5.92 Å². The molecular weight excluding hydrogens is 174 g/mol. The third-order valence-corrected chi connectivity index (χ3v) is 3.15. The average Bonchev–Trinajstić information content (AvgIpc) is 2.26. The minimum atomic E-state index is 0.290. The summed E-state index contributed by atoms with van der Waals surface area (Å²) in [7, 11) is 0. The standard InChI is InChI=1S/C12H23NO/c1-3-8-11(4-2)12(14)13-9-6-5-7-10-13/h11H,3-10H2,1-2H3. The molecule has 1 aliphatic heterocycles. The highest BCUT2D eigenvalue weighted by Crippen LogP contribution is 2.18. The Balaban J connectivity index is 2.43. The van der Waals surface area contributed by atoms with E-state index in [4.69, 9.17) is 0 Å². The van der Waals surface area contributed by atoms with Gasteiger partial charge in [-0.05, 0) is 32.1 Å². The molecule has 1 heterocycles. The molecule has 0 aromatic carbocycles. The molecule has 1 aliphatic rings. The van der Waals surface area contributed by atoms with Crippen LogP contribution in [0, 0.1) is 5.92 Å². The fraction of sp³-hybridized carbons (Fsp3) is 0.917. The summed E-state index contributed by atoms with van der Waals surface area (Å²) in [4.78, 5) is 14.1. The molecule has 1 amide bonds. The number of carbonyl (C=O) groups excluding carboxylic acids is 1. The van der Waals surface area contributed by atoms with Crippen molar-refractivity contribution >= 4 is 5.91 Å². The van der Waals surface area contributed by atoms with Crippen molar-refractivity contribution in [2.24, 2.45) is 5.92 Å². The van der Waals surface area contributed by atoms with Gasteiger partial charge in [0.15, 0.2) is 0 Å². The second kappa shape index (κ2) is 6.05. The number of rotatable bonds is 4. The predicted molar refractivity (Wildman–Crippen MR) is 59.1 cm³/mol. The van der Waals surface area contributed by atoms with Crippen LogP contribution < -0.4 is 0 Å². The Hall–Kier alpha value is -0.530. The maximum atomic E-state index is 12.0. The quantitative estimate of drug-likeness (QED) is 0.678. The molecule has 14 heavy (non-hydrogen) atoms. The summed E-state index contributed by atoms with van der Waals surface area (Å²) < 4.78 is 0. The number of carbonyl (C=O) groups is 1. The van der Waals surface area contributed by atoms with Gasteiger partial charge >= 0.3 is 0 Å². The van der Waals surface area contributed by atoms with Crippen molar-refractivity contribution in [3.63, 3.8) is 0 Å². The summed E-state index contributed by atoms with van der Waals surface area (Å²) in [6.07, 6.45) is 6.89. The van der Waals surface area contributed by atoms with Crippen molar-refractivity contribution < 1.29 is 4.79 Å². The lowest BCUT2D eigenvalue weighted by atomic mass is 9.98. The van der Waals surface area contributed by atoms with Gasteiger partial charge in [0.25, 0.3) is 0 Å². The van der Waals surface area contributed by atoms with E-state index in [1.54, 1.807) is 0 Å². The topological polar surface area (TPSA) is 20.3 Å². The van der Waals surface area contributed by atoms with Crippen molar-refractivity contribution in [3.8, 4) is 0 Å². The van der Waals surface area contributed by atoms with Crippen molar-refractivity contribution in [2.45, 2.75) is 52.4 Å². The zero-order valence-electron chi connectivity index (χ0n) is 9.59. The first kappa shape index (κ1) is 11.5. The van der Waals surface area contributed by atoms with Crippen LogP contribution in [0.5, 0.6) is 0 Å². The van der Waals surface area contributed by atoms with Gasteiger partial charge < -0.3 is 4.90 Å². The normalized spacial score (nSPS) is 19.4. The molecule has 0 spiro atoms. The summed E-state index contributed by atoms with van der Waals surface area (Å²) >= 11 is 0. The highest BCUT2D eigenvalue weighted by molar-refractivity contribution is 5.78. The molecule has 82 valence electrons. The largest absolute Gasteiger partial charge is 0.342 e. The van der Waals surface area contributed by atoms with Crippen LogP contribution >= 0.6 is 0 Å². The van der Waals surface area contributed by atoms with Gasteiger partial charge in [0.2, 0.25) is 5.91 Å². The number of likely N-dealkylation sites (tertiary alicyclic amines) is 1. The highest BCUT2D eigenvalue weighted by Gasteiger charge is 2.22. The smallest absolute Gasteiger partial charge is 0.225 e. The van der Waals surface area contributed by atoms with Crippen LogP contribution in [0.3, 0.4) is 0 Å². The van der Waals surface area contributed by atoms with Crippen LogP contribution in [0.25, 0.3) is 0 Å². The van der Waals surface area contributed by atoms with E-state index in [2.05, 4.69) is 18.7 Å². The van der Waals surface area contributed by atoms with E-state index in [0.717, 1.165) is 32.4 Å². The first-order valence-electron chi connectivity index (χ1n) is 6.08. The van der Waals surface area contributed by atoms with Crippen molar-refractivity contribution in [2.75, 3.05) is 13.1 Å². The number of nitrogens with zero attached hydrogens (tertiary/aromatic N) is 1. The third kappa shape index (κ3) is 3.00. The predicted octanol–water partition coefficient (Wildman–Crippen LogP) is 2.83. The van der Waals surface area contributed by atoms with Gasteiger partial charge in [0.05, 0.1) is 0 Å². The molecule has 0 aromatic heterocycles. The van der Waals surface area contributed by atoms with Crippen LogP contribution in [-0.4, -0.2) is 23.9 Å². The van der Waals surface area contributed by atoms with Crippen LogP contribution in [0.15, 0.2) is 0 Å². The number of piperidine rings is 1. The van der Waals surface area contributed by atoms with Crippen LogP contribution in [0.4, 0.5) is 0 Å². The van der Waals surface area contributed by atoms with E-state index in [1.807, 2.05) is 0 Å². The van der Waals surface area contributed by atoms with Crippen molar-refractivity contribution in [1.82, 2.24) is 4.90 Å². The van der Waals surface area contributed by atoms with E-state index in [1.165, 1.54) is 19.3 Å². The zero-order chi connectivity index (χ0) is 10.4. The summed E-state index contributed by atoms with van der Waals surface area (Å²) in [6.45, 7) is 6.28. The van der Waals surface area contributed by atoms with Gasteiger partial charge in [-0.15, -0.1) is 0 Å². The van der Waals surface area contributed by atoms with E-state index in [9.17, 15) is 4.79 Å². The lowest BCUT2D eigenvalue weighted by molar-refractivity contribution is -0.136. The summed E-state index contributed by atoms with van der Waals surface area (Å²) in [5, 5.41) is 0. The van der Waals surface area contributed by atoms with Gasteiger partial charge in [-0.25, -0.2) is 0 Å². The minimum Gasteiger partial charge on any atom is -0.342 e. The summed E-state index contributed by atoms with van der Waals surface area (Å²) in [6, 6.07) is 0. The van der Waals surface area contributed by atoms with Gasteiger partial charge in [0.1, 0.15) is 0 Å². The maximum absolute atomic E-state index is 12.0. The molecule has 1 rings (SSSR count). The second-order valence-corrected chi connectivity index (χ2v) is 4.28. The maximum Gasteiger partial charge on any atom is 0.225 e. The van der Waals surface area contributed by atoms with Gasteiger partial charge in [-0.1, -0.05) is 20.3 Å². The molecular formula is C12H23NO. The van der Waals surface area contributed by atoms with Gasteiger partial charge in [0, 0.05) is 19.0 Å². The molecule has 0 saturated carbocycles. The van der Waals surface area contributed by atoms with Crippen LogP contribution in [0.2, 0.25) is 0 Å². The SMILES string of the molecule is CCCC(CC)C(=O)N1CCCCC1. The molecule has 1 atom stereocenters. The lowest BCUT2D eigenvalue weighted by Crippen LogP contribution is -2.39. The molecule has 1 fully saturated rings. The Kier molecular flexibility index (Phi) is 4.99. The number of amides is 1. The van der Waals surface area contributed by atoms with E-state index < -0.39 is 0 Å². The molecule has 0 radical (unpaired) electrons. The van der Waals surface area contributed by atoms with Crippen molar-refractivity contribution in [1.29, 1.82) is 0 Å². The number of hydrogen-bond acceptors (Lipinski definition) is 1. The van der Waals surface area contributed by atoms with E-state index >= 15 is 0 Å². The molecule has 2 nitrogen and oxygen atoms in total. The first-order valence-corrected chi connectivity index (χ1v) is 6.08. The second-order valence-electron chi connectivity index (χ2n) is 4.28. The molecule has 1 saturated heterocycles. The molecule has 0 aliphatic carbocycles. The van der Waals surface area contributed by atoms with E-state index in [0.29, 0.717) is 5.91 Å². The lowest BCUT2D eigenvalue weighted by Gasteiger charge is -2.30. The highest BCUT2D eigenvalue weighted by atomic mass is 16.2. The molecule has 0 bridgehead atoms. The Morgan fingerprint density at radius 2 is 1.86 bits per heavy atom. The van der Waals surface area contributed by atoms with Gasteiger partial charge in [-0.2, -0.15) is 0 Å². The zero-order valence-corrected chi connectivity index (χ0v) is 9.59. The first-order chi connectivity index (χ1) is 6.79. The number of hydrogen-bond donors (Lipinski definition) is 0. The molecule has 0 aromatic rings. The Morgan fingerprint density at radius 3 is 2.36 bits per heavy atom.